The van der Waals surface area contributed by atoms with Crippen molar-refractivity contribution in [2.75, 3.05) is 13.2 Å². The number of hydrogen-bond donors (Lipinski definition) is 1. The minimum Gasteiger partial charge on any atom is -0.392 e. The van der Waals surface area contributed by atoms with E-state index < -0.39 is 0 Å². The van der Waals surface area contributed by atoms with Gasteiger partial charge in [-0.2, -0.15) is 0 Å². The summed E-state index contributed by atoms with van der Waals surface area (Å²) in [6, 6.07) is 10.2. The lowest BCUT2D eigenvalue weighted by Crippen LogP contribution is -2.05. The Morgan fingerprint density at radius 3 is 3.00 bits per heavy atom. The van der Waals surface area contributed by atoms with Gasteiger partial charge in [-0.15, -0.1) is 0 Å². The average Bonchev–Trinajstić information content (AvgIpc) is 3.10. The molecule has 0 radical (unpaired) electrons. The number of rotatable bonds is 3. The Morgan fingerprint density at radius 1 is 1.22 bits per heavy atom. The molecule has 2 aromatic heterocycles. The molecule has 0 saturated carbocycles. The van der Waals surface area contributed by atoms with E-state index in [0.717, 1.165) is 35.2 Å². The topological polar surface area (TPSA) is 46.8 Å². The van der Waals surface area contributed by atoms with Crippen LogP contribution in [0.2, 0.25) is 0 Å². The summed E-state index contributed by atoms with van der Waals surface area (Å²) in [7, 11) is 0. The maximum Gasteiger partial charge on any atom is 0.0992 e. The van der Waals surface area contributed by atoms with E-state index >= 15 is 0 Å². The minimum atomic E-state index is 0.0521. The van der Waals surface area contributed by atoms with E-state index in [-0.39, 0.29) is 6.61 Å². The molecule has 3 aromatic rings. The molecule has 23 heavy (non-hydrogen) atoms. The van der Waals surface area contributed by atoms with Gasteiger partial charge in [-0.1, -0.05) is 24.3 Å². The van der Waals surface area contributed by atoms with Gasteiger partial charge in [-0.3, -0.25) is 0 Å². The lowest BCUT2D eigenvalue weighted by atomic mass is 9.97. The minimum absolute atomic E-state index is 0.0521. The largest absolute Gasteiger partial charge is 0.392 e. The van der Waals surface area contributed by atoms with E-state index in [1.165, 1.54) is 11.1 Å². The first kappa shape index (κ1) is 14.2. The zero-order chi connectivity index (χ0) is 15.6. The third-order valence-corrected chi connectivity index (χ3v) is 4.27. The highest BCUT2D eigenvalue weighted by atomic mass is 16.5. The highest BCUT2D eigenvalue weighted by Crippen LogP contribution is 2.30. The molecular formula is C19H18N2O2. The van der Waals surface area contributed by atoms with Gasteiger partial charge in [-0.25, -0.2) is 4.98 Å². The van der Waals surface area contributed by atoms with Crippen molar-refractivity contribution in [2.24, 2.45) is 0 Å². The second-order valence-electron chi connectivity index (χ2n) is 5.74. The molecule has 0 spiro atoms. The molecule has 0 aliphatic carbocycles. The van der Waals surface area contributed by atoms with Gasteiger partial charge in [0.2, 0.25) is 0 Å². The van der Waals surface area contributed by atoms with E-state index in [1.807, 2.05) is 30.7 Å². The van der Waals surface area contributed by atoms with E-state index in [2.05, 4.69) is 33.8 Å². The van der Waals surface area contributed by atoms with Gasteiger partial charge in [0, 0.05) is 11.8 Å². The summed E-state index contributed by atoms with van der Waals surface area (Å²) >= 11 is 0. The molecule has 4 heteroatoms. The summed E-state index contributed by atoms with van der Waals surface area (Å²) in [5, 5.41) is 9.37. The number of benzene rings is 1. The van der Waals surface area contributed by atoms with Crippen molar-refractivity contribution in [1.82, 2.24) is 9.38 Å². The molecule has 0 atom stereocenters. The van der Waals surface area contributed by atoms with Crippen LogP contribution in [0.1, 0.15) is 17.5 Å². The second-order valence-corrected chi connectivity index (χ2v) is 5.74. The normalized spacial score (nSPS) is 14.9. The maximum atomic E-state index is 9.37. The number of fused-ring (bicyclic) bond motifs is 1. The van der Waals surface area contributed by atoms with E-state index in [0.29, 0.717) is 6.61 Å². The van der Waals surface area contributed by atoms with E-state index in [1.54, 1.807) is 0 Å². The van der Waals surface area contributed by atoms with Gasteiger partial charge >= 0.3 is 0 Å². The molecule has 1 aromatic carbocycles. The standard InChI is InChI=1S/C19H18N2O2/c22-12-14-2-1-3-16(8-14)17-9-18(15-4-6-23-7-5-15)19-10-20-13-21(19)11-17/h1-4,8-11,13,22H,5-7,12H2. The molecule has 3 heterocycles. The van der Waals surface area contributed by atoms with Crippen molar-refractivity contribution in [3.63, 3.8) is 0 Å². The van der Waals surface area contributed by atoms with E-state index in [9.17, 15) is 5.11 Å². The number of aliphatic hydroxyl groups excluding tert-OH is 1. The Bertz CT molecular complexity index is 880. The number of nitrogens with zero attached hydrogens (tertiary/aromatic N) is 2. The van der Waals surface area contributed by atoms with Crippen LogP contribution in [0.3, 0.4) is 0 Å². The van der Waals surface area contributed by atoms with Crippen LogP contribution < -0.4 is 0 Å². The lowest BCUT2D eigenvalue weighted by molar-refractivity contribution is 0.161. The smallest absolute Gasteiger partial charge is 0.0992 e. The Balaban J connectivity index is 1.89. The zero-order valence-corrected chi connectivity index (χ0v) is 12.8. The summed E-state index contributed by atoms with van der Waals surface area (Å²) in [5.74, 6) is 0. The monoisotopic (exact) mass is 306 g/mol. The van der Waals surface area contributed by atoms with Crippen LogP contribution in [-0.4, -0.2) is 27.7 Å². The summed E-state index contributed by atoms with van der Waals surface area (Å²) in [6.07, 6.45) is 8.89. The molecule has 0 fully saturated rings. The fourth-order valence-electron chi connectivity index (χ4n) is 3.07. The Morgan fingerprint density at radius 2 is 2.17 bits per heavy atom. The third kappa shape index (κ3) is 2.67. The lowest BCUT2D eigenvalue weighted by Gasteiger charge is -2.16. The highest BCUT2D eigenvalue weighted by Gasteiger charge is 2.13. The van der Waals surface area contributed by atoms with Crippen LogP contribution in [0.4, 0.5) is 0 Å². The van der Waals surface area contributed by atoms with Crippen LogP contribution in [0, 0.1) is 0 Å². The summed E-state index contributed by atoms with van der Waals surface area (Å²) in [5.41, 5.74) is 6.76. The molecule has 0 unspecified atom stereocenters. The van der Waals surface area contributed by atoms with Gasteiger partial charge in [-0.05, 0) is 40.8 Å². The summed E-state index contributed by atoms with van der Waals surface area (Å²) in [4.78, 5) is 4.29. The Kier molecular flexibility index (Phi) is 3.69. The first-order valence-corrected chi connectivity index (χ1v) is 7.78. The number of hydrogen-bond acceptors (Lipinski definition) is 3. The number of imidazole rings is 1. The zero-order valence-electron chi connectivity index (χ0n) is 12.8. The SMILES string of the molecule is OCc1cccc(-c2cc(C3=CCOCC3)c3cncn3c2)c1. The number of pyridine rings is 1. The molecule has 0 amide bonds. The Hall–Kier alpha value is -2.43. The molecule has 1 N–H and O–H groups in total. The molecule has 1 aliphatic heterocycles. The Labute approximate surface area is 134 Å². The molecule has 0 bridgehead atoms. The van der Waals surface area contributed by atoms with Crippen LogP contribution in [0.25, 0.3) is 22.2 Å². The molecule has 4 nitrogen and oxygen atoms in total. The van der Waals surface area contributed by atoms with Crippen LogP contribution in [-0.2, 0) is 11.3 Å². The average molecular weight is 306 g/mol. The van der Waals surface area contributed by atoms with Gasteiger partial charge in [0.15, 0.2) is 0 Å². The van der Waals surface area contributed by atoms with Crippen molar-refractivity contribution in [2.45, 2.75) is 13.0 Å². The molecule has 4 rings (SSSR count). The molecular weight excluding hydrogens is 288 g/mol. The predicted molar refractivity (Wildman–Crippen MR) is 90.0 cm³/mol. The predicted octanol–water partition coefficient (Wildman–Crippen LogP) is 3.30. The number of aromatic nitrogens is 2. The van der Waals surface area contributed by atoms with Gasteiger partial charge in [0.25, 0.3) is 0 Å². The van der Waals surface area contributed by atoms with Crippen molar-refractivity contribution in [1.29, 1.82) is 0 Å². The second kappa shape index (κ2) is 5.99. The quantitative estimate of drug-likeness (QED) is 0.807. The van der Waals surface area contributed by atoms with E-state index in [4.69, 9.17) is 4.74 Å². The third-order valence-electron chi connectivity index (χ3n) is 4.27. The van der Waals surface area contributed by atoms with Crippen molar-refractivity contribution in [3.05, 3.63) is 66.3 Å². The molecule has 0 saturated heterocycles. The molecule has 116 valence electrons. The van der Waals surface area contributed by atoms with Crippen molar-refractivity contribution in [3.8, 4) is 11.1 Å². The van der Waals surface area contributed by atoms with Crippen LogP contribution in [0.15, 0.2) is 55.1 Å². The van der Waals surface area contributed by atoms with Gasteiger partial charge in [0.1, 0.15) is 0 Å². The molecule has 1 aliphatic rings. The van der Waals surface area contributed by atoms with Crippen molar-refractivity contribution < 1.29 is 9.84 Å². The highest BCUT2D eigenvalue weighted by molar-refractivity contribution is 5.82. The number of ether oxygens (including phenoxy) is 1. The first-order valence-electron chi connectivity index (χ1n) is 7.78. The van der Waals surface area contributed by atoms with Crippen molar-refractivity contribution >= 4 is 11.1 Å². The van der Waals surface area contributed by atoms with Gasteiger partial charge in [0.05, 0.1) is 37.9 Å². The fraction of sp³-hybridized carbons (Fsp3) is 0.211. The fourth-order valence-corrected chi connectivity index (χ4v) is 3.07. The first-order chi connectivity index (χ1) is 11.3. The van der Waals surface area contributed by atoms with Crippen LogP contribution in [0.5, 0.6) is 0 Å². The summed E-state index contributed by atoms with van der Waals surface area (Å²) < 4.78 is 7.50. The number of aliphatic hydroxyl groups is 1. The van der Waals surface area contributed by atoms with Gasteiger partial charge < -0.3 is 14.2 Å². The van der Waals surface area contributed by atoms with Crippen LogP contribution >= 0.6 is 0 Å². The summed E-state index contributed by atoms with van der Waals surface area (Å²) in [6.45, 7) is 1.48. The maximum absolute atomic E-state index is 9.37.